The SMILES string of the molecule is CCOC(=O)NC1(C(F)(F)F)N=C(c2ccccc2)N(CCc2c[nH]c3ccc(F)cc23)C1=O. The third-order valence-corrected chi connectivity index (χ3v) is 5.42. The van der Waals surface area contributed by atoms with Gasteiger partial charge in [0.25, 0.3) is 5.91 Å². The molecule has 0 bridgehead atoms. The van der Waals surface area contributed by atoms with E-state index < -0.39 is 29.7 Å². The monoisotopic (exact) mass is 476 g/mol. The number of nitrogens with one attached hydrogen (secondary N) is 2. The van der Waals surface area contributed by atoms with Crippen LogP contribution in [0.3, 0.4) is 0 Å². The number of halogens is 4. The third-order valence-electron chi connectivity index (χ3n) is 5.42. The van der Waals surface area contributed by atoms with Crippen LogP contribution in [0, 0.1) is 5.82 Å². The molecule has 2 amide bonds. The number of amides is 2. The normalized spacial score (nSPS) is 18.3. The van der Waals surface area contributed by atoms with Gasteiger partial charge in [0.15, 0.2) is 0 Å². The molecule has 2 aromatic carbocycles. The first-order valence-corrected chi connectivity index (χ1v) is 10.4. The molecule has 7 nitrogen and oxygen atoms in total. The number of nitrogens with zero attached hydrogens (tertiary/aromatic N) is 2. The van der Waals surface area contributed by atoms with Crippen molar-refractivity contribution >= 4 is 28.7 Å². The van der Waals surface area contributed by atoms with Gasteiger partial charge in [-0.25, -0.2) is 14.2 Å². The summed E-state index contributed by atoms with van der Waals surface area (Å²) in [4.78, 5) is 32.7. The molecule has 11 heteroatoms. The summed E-state index contributed by atoms with van der Waals surface area (Å²) >= 11 is 0. The molecule has 0 saturated heterocycles. The summed E-state index contributed by atoms with van der Waals surface area (Å²) in [6.45, 7) is 1.04. The molecule has 0 radical (unpaired) electrons. The first-order chi connectivity index (χ1) is 16.2. The van der Waals surface area contributed by atoms with E-state index in [1.165, 1.54) is 31.2 Å². The summed E-state index contributed by atoms with van der Waals surface area (Å²) in [5.74, 6) is -2.17. The Morgan fingerprint density at radius 1 is 1.21 bits per heavy atom. The zero-order valence-electron chi connectivity index (χ0n) is 17.9. The van der Waals surface area contributed by atoms with E-state index in [2.05, 4.69) is 14.7 Å². The number of carbonyl (C=O) groups is 2. The van der Waals surface area contributed by atoms with Crippen molar-refractivity contribution in [3.8, 4) is 0 Å². The van der Waals surface area contributed by atoms with Crippen LogP contribution in [0.15, 0.2) is 59.7 Å². The summed E-state index contributed by atoms with van der Waals surface area (Å²) in [5.41, 5.74) is -2.01. The molecule has 0 saturated carbocycles. The summed E-state index contributed by atoms with van der Waals surface area (Å²) < 4.78 is 61.0. The van der Waals surface area contributed by atoms with E-state index in [1.807, 2.05) is 0 Å². The lowest BCUT2D eigenvalue weighted by molar-refractivity contribution is -0.196. The summed E-state index contributed by atoms with van der Waals surface area (Å²) in [6.07, 6.45) is -4.94. The van der Waals surface area contributed by atoms with E-state index in [9.17, 15) is 27.2 Å². The minimum Gasteiger partial charge on any atom is -0.450 e. The maximum atomic E-state index is 14.2. The van der Waals surface area contributed by atoms with Gasteiger partial charge in [0.1, 0.15) is 11.7 Å². The van der Waals surface area contributed by atoms with Gasteiger partial charge >= 0.3 is 17.9 Å². The molecule has 2 heterocycles. The molecule has 1 unspecified atom stereocenters. The predicted molar refractivity (Wildman–Crippen MR) is 116 cm³/mol. The Hall–Kier alpha value is -3.89. The van der Waals surface area contributed by atoms with Gasteiger partial charge in [-0.3, -0.25) is 15.0 Å². The molecule has 1 aliphatic rings. The van der Waals surface area contributed by atoms with Crippen molar-refractivity contribution in [2.45, 2.75) is 25.2 Å². The number of hydrogen-bond donors (Lipinski definition) is 2. The second kappa shape index (κ2) is 8.81. The number of H-pyrrole nitrogens is 1. The van der Waals surface area contributed by atoms with Gasteiger partial charge in [-0.2, -0.15) is 13.2 Å². The van der Waals surface area contributed by atoms with E-state index in [1.54, 1.807) is 35.8 Å². The predicted octanol–water partition coefficient (Wildman–Crippen LogP) is 4.14. The maximum absolute atomic E-state index is 14.2. The van der Waals surface area contributed by atoms with Crippen LogP contribution >= 0.6 is 0 Å². The molecular weight excluding hydrogens is 456 g/mol. The smallest absolute Gasteiger partial charge is 0.442 e. The number of aromatic amines is 1. The molecule has 0 aliphatic carbocycles. The fraction of sp³-hybridized carbons (Fsp3) is 0.261. The number of benzene rings is 2. The van der Waals surface area contributed by atoms with Crippen LogP contribution in [0.1, 0.15) is 18.1 Å². The number of rotatable bonds is 6. The molecule has 0 fully saturated rings. The van der Waals surface area contributed by atoms with E-state index in [0.29, 0.717) is 16.5 Å². The third kappa shape index (κ3) is 4.09. The minimum absolute atomic E-state index is 0.106. The van der Waals surface area contributed by atoms with Crippen molar-refractivity contribution in [1.82, 2.24) is 15.2 Å². The molecule has 34 heavy (non-hydrogen) atoms. The number of alkyl carbamates (subject to hydrolysis) is 1. The maximum Gasteiger partial charge on any atom is 0.442 e. The molecule has 178 valence electrons. The van der Waals surface area contributed by atoms with Crippen molar-refractivity contribution < 1.29 is 31.9 Å². The van der Waals surface area contributed by atoms with Crippen LogP contribution in [0.25, 0.3) is 10.9 Å². The van der Waals surface area contributed by atoms with Crippen LogP contribution < -0.4 is 5.32 Å². The lowest BCUT2D eigenvalue weighted by Gasteiger charge is -2.28. The molecule has 3 aromatic rings. The van der Waals surface area contributed by atoms with Gasteiger partial charge in [0.2, 0.25) is 0 Å². The molecule has 1 aromatic heterocycles. The Labute approximate surface area is 191 Å². The van der Waals surface area contributed by atoms with E-state index in [-0.39, 0.29) is 31.0 Å². The Morgan fingerprint density at radius 2 is 1.94 bits per heavy atom. The first-order valence-electron chi connectivity index (χ1n) is 10.4. The second-order valence-corrected chi connectivity index (χ2v) is 7.57. The van der Waals surface area contributed by atoms with Gasteiger partial charge < -0.3 is 9.72 Å². The Balaban J connectivity index is 1.73. The van der Waals surface area contributed by atoms with Gasteiger partial charge in [0.05, 0.1) is 6.61 Å². The number of amidine groups is 1. The van der Waals surface area contributed by atoms with Gasteiger partial charge in [0, 0.05) is 29.2 Å². The van der Waals surface area contributed by atoms with E-state index in [0.717, 1.165) is 4.90 Å². The highest BCUT2D eigenvalue weighted by atomic mass is 19.4. The lowest BCUT2D eigenvalue weighted by Crippen LogP contribution is -2.63. The highest BCUT2D eigenvalue weighted by Gasteiger charge is 2.67. The Kier molecular flexibility index (Phi) is 6.03. The van der Waals surface area contributed by atoms with Gasteiger partial charge in [-0.1, -0.05) is 30.3 Å². The largest absolute Gasteiger partial charge is 0.450 e. The fourth-order valence-electron chi connectivity index (χ4n) is 3.82. The van der Waals surface area contributed by atoms with Crippen molar-refractivity contribution in [3.05, 3.63) is 71.7 Å². The number of aliphatic imine (C=N–C) groups is 1. The molecule has 1 aliphatic heterocycles. The van der Waals surface area contributed by atoms with Crippen LogP contribution in [-0.4, -0.2) is 52.7 Å². The topological polar surface area (TPSA) is 86.8 Å². The molecule has 1 atom stereocenters. The first kappa shape index (κ1) is 23.3. The summed E-state index contributed by atoms with van der Waals surface area (Å²) in [6, 6.07) is 12.0. The zero-order valence-corrected chi connectivity index (χ0v) is 17.9. The second-order valence-electron chi connectivity index (χ2n) is 7.57. The number of aromatic nitrogens is 1. The highest BCUT2D eigenvalue weighted by molar-refractivity contribution is 6.16. The van der Waals surface area contributed by atoms with Crippen molar-refractivity contribution in [1.29, 1.82) is 0 Å². The van der Waals surface area contributed by atoms with Crippen LogP contribution in [-0.2, 0) is 16.0 Å². The summed E-state index contributed by atoms with van der Waals surface area (Å²) in [7, 11) is 0. The minimum atomic E-state index is -5.24. The van der Waals surface area contributed by atoms with Crippen molar-refractivity contribution in [2.24, 2.45) is 4.99 Å². The summed E-state index contributed by atoms with van der Waals surface area (Å²) in [5, 5.41) is 2.17. The Morgan fingerprint density at radius 3 is 2.62 bits per heavy atom. The lowest BCUT2D eigenvalue weighted by atomic mass is 10.1. The van der Waals surface area contributed by atoms with Crippen molar-refractivity contribution in [3.63, 3.8) is 0 Å². The van der Waals surface area contributed by atoms with Crippen LogP contribution in [0.4, 0.5) is 22.4 Å². The standard InChI is InChI=1S/C23H20F4N4O3/c1-2-34-21(33)30-22(23(25,26)27)20(32)31(19(29-22)14-6-4-3-5-7-14)11-10-15-13-28-18-9-8-16(24)12-17(15)18/h3-9,12-13,28H,2,10-11H2,1H3,(H,30,33). The molecular formula is C23H20F4N4O3. The zero-order chi connectivity index (χ0) is 24.5. The number of hydrogen-bond acceptors (Lipinski definition) is 4. The number of carbonyl (C=O) groups excluding carboxylic acids is 2. The van der Waals surface area contributed by atoms with E-state index >= 15 is 0 Å². The van der Waals surface area contributed by atoms with Crippen LogP contribution in [0.5, 0.6) is 0 Å². The number of ether oxygens (including phenoxy) is 1. The van der Waals surface area contributed by atoms with E-state index in [4.69, 9.17) is 0 Å². The van der Waals surface area contributed by atoms with Crippen molar-refractivity contribution in [2.75, 3.05) is 13.2 Å². The number of fused-ring (bicyclic) bond motifs is 1. The van der Waals surface area contributed by atoms with Gasteiger partial charge in [-0.15, -0.1) is 0 Å². The van der Waals surface area contributed by atoms with Crippen LogP contribution in [0.2, 0.25) is 0 Å². The average Bonchev–Trinajstić information content (AvgIpc) is 3.31. The highest BCUT2D eigenvalue weighted by Crippen LogP contribution is 2.38. The fourth-order valence-corrected chi connectivity index (χ4v) is 3.82. The van der Waals surface area contributed by atoms with Gasteiger partial charge in [-0.05, 0) is 37.1 Å². The number of alkyl halides is 3. The quantitative estimate of drug-likeness (QED) is 0.525. The molecule has 4 rings (SSSR count). The molecule has 0 spiro atoms. The average molecular weight is 476 g/mol. The molecule has 2 N–H and O–H groups in total. The Bertz CT molecular complexity index is 1260.